The Labute approximate surface area is 222 Å². The summed E-state index contributed by atoms with van der Waals surface area (Å²) in [5, 5.41) is 53.4. The normalized spacial score (nSPS) is 26.3. The van der Waals surface area contributed by atoms with Crippen molar-refractivity contribution < 1.29 is 39.1 Å². The van der Waals surface area contributed by atoms with Gasteiger partial charge in [0, 0.05) is 5.56 Å². The fourth-order valence-corrected chi connectivity index (χ4v) is 9.82. The Morgan fingerprint density at radius 1 is 0.895 bits per heavy atom. The van der Waals surface area contributed by atoms with Gasteiger partial charge < -0.3 is 34.7 Å². The third-order valence-corrected chi connectivity index (χ3v) is 12.2. The smallest absolute Gasteiger partial charge is 0.261 e. The molecule has 0 aliphatic carbocycles. The molecule has 5 atom stereocenters. The lowest BCUT2D eigenvalue weighted by Gasteiger charge is -2.45. The Morgan fingerprint density at radius 2 is 1.45 bits per heavy atom. The number of hydrogen-bond acceptors (Lipinski definition) is 7. The van der Waals surface area contributed by atoms with E-state index in [1.165, 1.54) is 12.1 Å². The molecule has 0 bridgehead atoms. The van der Waals surface area contributed by atoms with Crippen molar-refractivity contribution in [1.82, 2.24) is 0 Å². The second-order valence-electron chi connectivity index (χ2n) is 10.8. The molecule has 3 aromatic carbocycles. The Hall–Kier alpha value is -2.47. The van der Waals surface area contributed by atoms with Crippen LogP contribution in [0, 0.1) is 5.82 Å². The molecule has 38 heavy (non-hydrogen) atoms. The van der Waals surface area contributed by atoms with E-state index in [9.17, 15) is 29.9 Å². The average Bonchev–Trinajstić information content (AvgIpc) is 2.90. The number of aliphatic hydroxyl groups excluding tert-OH is 4. The van der Waals surface area contributed by atoms with Crippen molar-refractivity contribution in [2.45, 2.75) is 62.6 Å². The summed E-state index contributed by atoms with van der Waals surface area (Å²) in [6.07, 6.45) is -6.85. The molecule has 0 spiro atoms. The summed E-state index contributed by atoms with van der Waals surface area (Å²) in [4.78, 5) is 0. The zero-order valence-corrected chi connectivity index (χ0v) is 22.7. The van der Waals surface area contributed by atoms with Gasteiger partial charge >= 0.3 is 0 Å². The van der Waals surface area contributed by atoms with Crippen molar-refractivity contribution in [3.8, 4) is 0 Å². The maximum atomic E-state index is 14.9. The second kappa shape index (κ2) is 11.0. The average molecular weight is 543 g/mol. The number of rotatable bonds is 7. The molecule has 0 amide bonds. The van der Waals surface area contributed by atoms with Gasteiger partial charge in [0.2, 0.25) is 5.79 Å². The molecule has 1 heterocycles. The highest BCUT2D eigenvalue weighted by molar-refractivity contribution is 6.99. The molecule has 1 aliphatic rings. The summed E-state index contributed by atoms with van der Waals surface area (Å²) < 4.78 is 27.1. The summed E-state index contributed by atoms with van der Waals surface area (Å²) in [7, 11) is -2.95. The van der Waals surface area contributed by atoms with Gasteiger partial charge in [0.25, 0.3) is 8.32 Å². The predicted octanol–water partition coefficient (Wildman–Crippen LogP) is 1.52. The van der Waals surface area contributed by atoms with Crippen LogP contribution in [0.2, 0.25) is 5.04 Å². The number of benzene rings is 3. The predicted molar refractivity (Wildman–Crippen MR) is 143 cm³/mol. The largest absolute Gasteiger partial charge is 0.403 e. The Balaban J connectivity index is 1.75. The van der Waals surface area contributed by atoms with E-state index in [-0.39, 0.29) is 17.2 Å². The first-order valence-electron chi connectivity index (χ1n) is 12.5. The molecule has 9 heteroatoms. The van der Waals surface area contributed by atoms with E-state index in [0.717, 1.165) is 16.4 Å². The Bertz CT molecular complexity index is 1180. The van der Waals surface area contributed by atoms with E-state index in [0.29, 0.717) is 5.56 Å². The first kappa shape index (κ1) is 28.5. The fraction of sp³-hybridized carbons (Fsp3) is 0.379. The summed E-state index contributed by atoms with van der Waals surface area (Å²) >= 11 is 0. The van der Waals surface area contributed by atoms with Crippen molar-refractivity contribution in [2.75, 3.05) is 6.61 Å². The third kappa shape index (κ3) is 5.08. The van der Waals surface area contributed by atoms with E-state index >= 15 is 0 Å². The van der Waals surface area contributed by atoms with Gasteiger partial charge in [-0.25, -0.2) is 4.39 Å². The molecule has 4 rings (SSSR count). The van der Waals surface area contributed by atoms with Gasteiger partial charge in [0.05, 0.1) is 13.2 Å². The van der Waals surface area contributed by atoms with Crippen LogP contribution in [0.15, 0.2) is 78.9 Å². The first-order valence-corrected chi connectivity index (χ1v) is 14.4. The minimum absolute atomic E-state index is 0.0151. The highest BCUT2D eigenvalue weighted by Gasteiger charge is 2.54. The number of aliphatic hydroxyl groups is 5. The SMILES string of the molecule is CC(C)(C)[Si](OCc1cc(F)cc(C2(O)O[C@H](CO)[C@@H](O)[C@H](O)[C@H]2O)c1)(c1ccccc1)c1ccccc1. The second-order valence-corrected chi connectivity index (χ2v) is 15.1. The van der Waals surface area contributed by atoms with Gasteiger partial charge in [-0.15, -0.1) is 0 Å². The third-order valence-electron chi connectivity index (χ3n) is 7.21. The van der Waals surface area contributed by atoms with Crippen molar-refractivity contribution >= 4 is 18.7 Å². The van der Waals surface area contributed by atoms with Crippen LogP contribution in [0.4, 0.5) is 4.39 Å². The number of ether oxygens (including phenoxy) is 1. The monoisotopic (exact) mass is 542 g/mol. The summed E-state index contributed by atoms with van der Waals surface area (Å²) in [6, 6.07) is 23.6. The maximum absolute atomic E-state index is 14.9. The van der Waals surface area contributed by atoms with Gasteiger partial charge in [0.15, 0.2) is 0 Å². The molecule has 1 saturated heterocycles. The molecule has 204 valence electrons. The van der Waals surface area contributed by atoms with Crippen LogP contribution in [0.3, 0.4) is 0 Å². The molecule has 1 aliphatic heterocycles. The van der Waals surface area contributed by atoms with Crippen LogP contribution < -0.4 is 10.4 Å². The van der Waals surface area contributed by atoms with Crippen LogP contribution in [-0.2, 0) is 21.6 Å². The van der Waals surface area contributed by atoms with E-state index in [2.05, 4.69) is 20.8 Å². The lowest BCUT2D eigenvalue weighted by molar-refractivity contribution is -0.357. The van der Waals surface area contributed by atoms with Crippen molar-refractivity contribution in [3.63, 3.8) is 0 Å². The quantitative estimate of drug-likeness (QED) is 0.287. The van der Waals surface area contributed by atoms with Crippen LogP contribution in [0.1, 0.15) is 31.9 Å². The standard InChI is InChI=1S/C29H35FO7Si/c1-28(2,3)38(22-10-6-4-7-11-22,23-12-8-5-9-13-23)36-18-19-14-20(16-21(30)15-19)29(35)27(34)26(33)25(32)24(17-31)37-29/h4-16,24-27,31-35H,17-18H2,1-3H3/t24-,25-,26+,27-,29?/m1/s1. The highest BCUT2D eigenvalue weighted by Crippen LogP contribution is 2.39. The van der Waals surface area contributed by atoms with E-state index < -0.39 is 50.9 Å². The van der Waals surface area contributed by atoms with E-state index in [1.807, 2.05) is 60.7 Å². The highest BCUT2D eigenvalue weighted by atomic mass is 28.4. The molecular formula is C29H35FO7Si. The summed E-state index contributed by atoms with van der Waals surface area (Å²) in [5.41, 5.74) is 0.203. The molecule has 0 radical (unpaired) electrons. The van der Waals surface area contributed by atoms with Crippen LogP contribution >= 0.6 is 0 Å². The topological polar surface area (TPSA) is 120 Å². The number of halogens is 1. The molecule has 1 fully saturated rings. The van der Waals surface area contributed by atoms with Gasteiger partial charge in [-0.05, 0) is 39.2 Å². The fourth-order valence-electron chi connectivity index (χ4n) is 5.29. The van der Waals surface area contributed by atoms with Crippen LogP contribution in [0.5, 0.6) is 0 Å². The molecule has 3 aromatic rings. The first-order chi connectivity index (χ1) is 17.9. The Morgan fingerprint density at radius 3 is 1.95 bits per heavy atom. The lowest BCUT2D eigenvalue weighted by atomic mass is 9.87. The molecular weight excluding hydrogens is 507 g/mol. The van der Waals surface area contributed by atoms with Crippen molar-refractivity contribution in [2.24, 2.45) is 0 Å². The van der Waals surface area contributed by atoms with Crippen LogP contribution in [0.25, 0.3) is 0 Å². The number of hydrogen-bond donors (Lipinski definition) is 5. The van der Waals surface area contributed by atoms with Gasteiger partial charge in [-0.1, -0.05) is 81.4 Å². The Kier molecular flexibility index (Phi) is 8.22. The molecule has 5 N–H and O–H groups in total. The maximum Gasteiger partial charge on any atom is 0.261 e. The molecule has 7 nitrogen and oxygen atoms in total. The molecule has 0 saturated carbocycles. The minimum atomic E-state index is -2.95. The van der Waals surface area contributed by atoms with Crippen molar-refractivity contribution in [1.29, 1.82) is 0 Å². The van der Waals surface area contributed by atoms with Gasteiger partial charge in [-0.2, -0.15) is 0 Å². The summed E-state index contributed by atoms with van der Waals surface area (Å²) in [5.74, 6) is -3.28. The molecule has 1 unspecified atom stereocenters. The van der Waals surface area contributed by atoms with Crippen LogP contribution in [-0.4, -0.2) is 64.9 Å². The van der Waals surface area contributed by atoms with E-state index in [4.69, 9.17) is 9.16 Å². The van der Waals surface area contributed by atoms with Gasteiger partial charge in [-0.3, -0.25) is 0 Å². The minimum Gasteiger partial charge on any atom is -0.403 e. The van der Waals surface area contributed by atoms with Crippen molar-refractivity contribution in [3.05, 3.63) is 95.8 Å². The summed E-state index contributed by atoms with van der Waals surface area (Å²) in [6.45, 7) is 5.61. The lowest BCUT2D eigenvalue weighted by Crippen LogP contribution is -2.66. The zero-order valence-electron chi connectivity index (χ0n) is 21.7. The molecule has 0 aromatic heterocycles. The van der Waals surface area contributed by atoms with Gasteiger partial charge in [0.1, 0.15) is 30.2 Å². The zero-order chi connectivity index (χ0) is 27.7. The van der Waals surface area contributed by atoms with E-state index in [1.54, 1.807) is 0 Å².